The van der Waals surface area contributed by atoms with Crippen LogP contribution in [-0.4, -0.2) is 24.2 Å². The van der Waals surface area contributed by atoms with Crippen molar-refractivity contribution >= 4 is 14.3 Å². The molecule has 108 valence electrons. The molecule has 1 atom stereocenters. The van der Waals surface area contributed by atoms with Crippen LogP contribution in [0.1, 0.15) is 58.3 Å². The minimum absolute atomic E-state index is 0.340. The quantitative estimate of drug-likeness (QED) is 0.442. The van der Waals surface area contributed by atoms with Gasteiger partial charge >= 0.3 is 5.97 Å². The Morgan fingerprint density at radius 1 is 1.06 bits per heavy atom. The van der Waals surface area contributed by atoms with Gasteiger partial charge in [0.25, 0.3) is 0 Å². The largest absolute Gasteiger partial charge is 0.481 e. The molecule has 0 fully saturated rings. The number of aliphatic carboxylic acids is 1. The highest BCUT2D eigenvalue weighted by Crippen LogP contribution is 2.21. The topological polar surface area (TPSA) is 57.5 Å². The molecule has 2 N–H and O–H groups in total. The highest BCUT2D eigenvalue weighted by molar-refractivity contribution is 6.70. The first-order chi connectivity index (χ1) is 8.37. The van der Waals surface area contributed by atoms with Crippen LogP contribution in [0.15, 0.2) is 0 Å². The Morgan fingerprint density at radius 2 is 1.56 bits per heavy atom. The molecule has 0 aliphatic rings. The number of carbonyl (C=O) groups is 1. The third kappa shape index (κ3) is 10.8. The molecule has 0 aromatic carbocycles. The van der Waals surface area contributed by atoms with Crippen LogP contribution in [0.2, 0.25) is 19.1 Å². The van der Waals surface area contributed by atoms with Gasteiger partial charge in [0.15, 0.2) is 8.32 Å². The Hall–Kier alpha value is -0.353. The first-order valence-electron chi connectivity index (χ1n) is 7.32. The van der Waals surface area contributed by atoms with E-state index in [4.69, 9.17) is 5.11 Å². The third-order valence-corrected chi connectivity index (χ3v) is 4.74. The smallest absolute Gasteiger partial charge is 0.306 e. The molecule has 0 radical (unpaired) electrons. The van der Waals surface area contributed by atoms with Crippen LogP contribution in [0, 0.1) is 5.92 Å². The van der Waals surface area contributed by atoms with Gasteiger partial charge < -0.3 is 9.90 Å². The molecule has 0 aliphatic heterocycles. The Balaban J connectivity index is 3.69. The number of unbranched alkanes of at least 4 members (excludes halogenated alkanes) is 6. The predicted molar refractivity (Wildman–Crippen MR) is 78.2 cm³/mol. The summed E-state index contributed by atoms with van der Waals surface area (Å²) in [6.45, 7) is 5.83. The molecule has 0 rings (SSSR count). The normalized spacial score (nSPS) is 13.6. The molecule has 0 aromatic rings. The van der Waals surface area contributed by atoms with E-state index in [1.54, 1.807) is 0 Å². The second kappa shape index (κ2) is 9.56. The Morgan fingerprint density at radius 3 is 2.00 bits per heavy atom. The van der Waals surface area contributed by atoms with Gasteiger partial charge in [-0.05, 0) is 25.6 Å². The van der Waals surface area contributed by atoms with Gasteiger partial charge in [0.2, 0.25) is 0 Å². The molecule has 0 saturated carbocycles. The Bertz CT molecular complexity index is 224. The number of carboxylic acid groups (broad SMARTS) is 1. The summed E-state index contributed by atoms with van der Waals surface area (Å²) in [7, 11) is -2.25. The molecule has 18 heavy (non-hydrogen) atoms. The monoisotopic (exact) mass is 274 g/mol. The molecule has 0 saturated heterocycles. The zero-order chi connectivity index (χ0) is 14.0. The summed E-state index contributed by atoms with van der Waals surface area (Å²) < 4.78 is 0. The van der Waals surface area contributed by atoms with Crippen molar-refractivity contribution < 1.29 is 14.7 Å². The van der Waals surface area contributed by atoms with Gasteiger partial charge in [-0.3, -0.25) is 4.79 Å². The molecule has 0 spiro atoms. The SMILES string of the molecule is CCCCCCCCCC(C[Si](C)(C)O)C(=O)O. The minimum Gasteiger partial charge on any atom is -0.481 e. The molecule has 4 heteroatoms. The van der Waals surface area contributed by atoms with Crippen molar-refractivity contribution in [3.05, 3.63) is 0 Å². The van der Waals surface area contributed by atoms with Crippen LogP contribution in [0.4, 0.5) is 0 Å². The molecular weight excluding hydrogens is 244 g/mol. The van der Waals surface area contributed by atoms with Gasteiger partial charge in [0.05, 0.1) is 5.92 Å². The van der Waals surface area contributed by atoms with Gasteiger partial charge in [0, 0.05) is 0 Å². The number of hydrogen-bond donors (Lipinski definition) is 2. The lowest BCUT2D eigenvalue weighted by atomic mass is 10.0. The average molecular weight is 274 g/mol. The maximum absolute atomic E-state index is 11.1. The van der Waals surface area contributed by atoms with E-state index in [9.17, 15) is 9.59 Å². The zero-order valence-electron chi connectivity index (χ0n) is 12.2. The first-order valence-corrected chi connectivity index (χ1v) is 10.5. The fourth-order valence-electron chi connectivity index (χ4n) is 2.26. The van der Waals surface area contributed by atoms with Crippen molar-refractivity contribution in [1.29, 1.82) is 0 Å². The van der Waals surface area contributed by atoms with Crippen molar-refractivity contribution in [2.45, 2.75) is 77.4 Å². The van der Waals surface area contributed by atoms with Gasteiger partial charge in [-0.15, -0.1) is 0 Å². The Labute approximate surface area is 113 Å². The summed E-state index contributed by atoms with van der Waals surface area (Å²) in [6, 6.07) is 0.484. The number of carboxylic acids is 1. The van der Waals surface area contributed by atoms with Crippen molar-refractivity contribution in [3.8, 4) is 0 Å². The van der Waals surface area contributed by atoms with E-state index in [-0.39, 0.29) is 5.92 Å². The highest BCUT2D eigenvalue weighted by atomic mass is 28.4. The van der Waals surface area contributed by atoms with Crippen LogP contribution in [0.5, 0.6) is 0 Å². The molecule has 0 bridgehead atoms. The third-order valence-electron chi connectivity index (χ3n) is 3.25. The second-order valence-corrected chi connectivity index (χ2v) is 9.99. The summed E-state index contributed by atoms with van der Waals surface area (Å²) in [4.78, 5) is 20.9. The maximum atomic E-state index is 11.1. The lowest BCUT2D eigenvalue weighted by Crippen LogP contribution is -2.31. The van der Waals surface area contributed by atoms with Crippen molar-refractivity contribution in [2.75, 3.05) is 0 Å². The zero-order valence-corrected chi connectivity index (χ0v) is 13.2. The predicted octanol–water partition coefficient (Wildman–Crippen LogP) is 4.03. The van der Waals surface area contributed by atoms with Gasteiger partial charge in [-0.1, -0.05) is 51.9 Å². The van der Waals surface area contributed by atoms with Crippen molar-refractivity contribution in [1.82, 2.24) is 0 Å². The van der Waals surface area contributed by atoms with E-state index in [0.29, 0.717) is 6.04 Å². The molecule has 0 aliphatic carbocycles. The standard InChI is InChI=1S/C14H30O3Si/c1-4-5-6-7-8-9-10-11-13(14(15)16)12-18(2,3)17/h13,17H,4-12H2,1-3H3,(H,15,16). The van der Waals surface area contributed by atoms with Crippen LogP contribution < -0.4 is 0 Å². The first kappa shape index (κ1) is 17.6. The summed E-state index contributed by atoms with van der Waals surface area (Å²) >= 11 is 0. The molecule has 3 nitrogen and oxygen atoms in total. The van der Waals surface area contributed by atoms with Gasteiger partial charge in [0.1, 0.15) is 0 Å². The van der Waals surface area contributed by atoms with Crippen molar-refractivity contribution in [2.24, 2.45) is 5.92 Å². The fourth-order valence-corrected chi connectivity index (χ4v) is 3.85. The van der Waals surface area contributed by atoms with E-state index in [1.807, 2.05) is 13.1 Å². The van der Waals surface area contributed by atoms with Gasteiger partial charge in [-0.2, -0.15) is 0 Å². The summed E-state index contributed by atoms with van der Waals surface area (Å²) in [6.07, 6.45) is 9.18. The lowest BCUT2D eigenvalue weighted by Gasteiger charge is -2.19. The summed E-state index contributed by atoms with van der Waals surface area (Å²) in [5.74, 6) is -1.08. The fraction of sp³-hybridized carbons (Fsp3) is 0.929. The number of hydrogen-bond acceptors (Lipinski definition) is 2. The lowest BCUT2D eigenvalue weighted by molar-refractivity contribution is -0.141. The average Bonchev–Trinajstić information content (AvgIpc) is 2.24. The van der Waals surface area contributed by atoms with E-state index in [0.717, 1.165) is 19.3 Å². The van der Waals surface area contributed by atoms with Crippen LogP contribution in [-0.2, 0) is 4.79 Å². The van der Waals surface area contributed by atoms with Crippen LogP contribution in [0.25, 0.3) is 0 Å². The molecule has 0 aromatic heterocycles. The van der Waals surface area contributed by atoms with E-state index < -0.39 is 14.3 Å². The summed E-state index contributed by atoms with van der Waals surface area (Å²) in [5.41, 5.74) is 0. The molecule has 0 heterocycles. The van der Waals surface area contributed by atoms with E-state index in [1.165, 1.54) is 32.1 Å². The van der Waals surface area contributed by atoms with Crippen molar-refractivity contribution in [3.63, 3.8) is 0 Å². The molecular formula is C14H30O3Si. The van der Waals surface area contributed by atoms with Gasteiger partial charge in [-0.25, -0.2) is 0 Å². The van der Waals surface area contributed by atoms with Crippen LogP contribution in [0.3, 0.4) is 0 Å². The molecule has 1 unspecified atom stereocenters. The maximum Gasteiger partial charge on any atom is 0.306 e. The Kier molecular flexibility index (Phi) is 9.37. The number of rotatable bonds is 11. The minimum atomic E-state index is -2.25. The van der Waals surface area contributed by atoms with E-state index >= 15 is 0 Å². The van der Waals surface area contributed by atoms with E-state index in [2.05, 4.69) is 6.92 Å². The second-order valence-electron chi connectivity index (χ2n) is 5.96. The molecule has 0 amide bonds. The highest BCUT2D eigenvalue weighted by Gasteiger charge is 2.27. The van der Waals surface area contributed by atoms with Crippen LogP contribution >= 0.6 is 0 Å². The summed E-state index contributed by atoms with van der Waals surface area (Å²) in [5, 5.41) is 9.12.